The van der Waals surface area contributed by atoms with Crippen LogP contribution >= 0.6 is 0 Å². The summed E-state index contributed by atoms with van der Waals surface area (Å²) in [5.41, 5.74) is 2.61. The first kappa shape index (κ1) is 17.3. The van der Waals surface area contributed by atoms with Gasteiger partial charge in [0, 0.05) is 18.2 Å². The van der Waals surface area contributed by atoms with Crippen LogP contribution in [-0.2, 0) is 10.2 Å². The number of aliphatic hydroxyl groups is 1. The average molecular weight is 350 g/mol. The number of fused-ring (bicyclic) bond motifs is 2. The standard InChI is InChI=1S/C22H26N2O2/c1-23-14-19(25)20(15-8-3-2-4-9-15)17-11-7-13-22(17)16-10-5-6-12-18(16)24-21(22)26/h2-6,8-10,12,17,19-20,23,25H,7,11,13-14H2,1H3,(H,24,26). The molecule has 4 unspecified atom stereocenters. The van der Waals surface area contributed by atoms with E-state index in [4.69, 9.17) is 0 Å². The van der Waals surface area contributed by atoms with Crippen LogP contribution in [0.3, 0.4) is 0 Å². The lowest BCUT2D eigenvalue weighted by Crippen LogP contribution is -2.45. The van der Waals surface area contributed by atoms with Crippen molar-refractivity contribution in [1.29, 1.82) is 0 Å². The fourth-order valence-corrected chi connectivity index (χ4v) is 5.21. The van der Waals surface area contributed by atoms with Crippen LogP contribution in [0.2, 0.25) is 0 Å². The van der Waals surface area contributed by atoms with Gasteiger partial charge in [0.15, 0.2) is 0 Å². The monoisotopic (exact) mass is 350 g/mol. The summed E-state index contributed by atoms with van der Waals surface area (Å²) < 4.78 is 0. The van der Waals surface area contributed by atoms with Crippen molar-refractivity contribution in [1.82, 2.24) is 5.32 Å². The topological polar surface area (TPSA) is 61.4 Å². The SMILES string of the molecule is CNCC(O)C(c1ccccc1)C1CCCC12C(=O)Nc1ccccc12. The Labute approximate surface area is 154 Å². The quantitative estimate of drug-likeness (QED) is 0.777. The van der Waals surface area contributed by atoms with Crippen LogP contribution in [0.1, 0.15) is 36.3 Å². The lowest BCUT2D eigenvalue weighted by Gasteiger charge is -2.38. The van der Waals surface area contributed by atoms with Crippen molar-refractivity contribution in [3.63, 3.8) is 0 Å². The van der Waals surface area contributed by atoms with E-state index < -0.39 is 11.5 Å². The highest BCUT2D eigenvalue weighted by molar-refractivity contribution is 6.06. The van der Waals surface area contributed by atoms with Gasteiger partial charge in [0.2, 0.25) is 5.91 Å². The largest absolute Gasteiger partial charge is 0.391 e. The number of likely N-dealkylation sites (N-methyl/N-ethyl adjacent to an activating group) is 1. The molecule has 4 rings (SSSR count). The fourth-order valence-electron chi connectivity index (χ4n) is 5.21. The van der Waals surface area contributed by atoms with Crippen molar-refractivity contribution in [3.05, 3.63) is 65.7 Å². The maximum atomic E-state index is 13.2. The van der Waals surface area contributed by atoms with Crippen LogP contribution in [0.5, 0.6) is 0 Å². The number of carbonyl (C=O) groups is 1. The third kappa shape index (κ3) is 2.56. The number of nitrogens with one attached hydrogen (secondary N) is 2. The smallest absolute Gasteiger partial charge is 0.235 e. The van der Waals surface area contributed by atoms with E-state index >= 15 is 0 Å². The predicted molar refractivity (Wildman–Crippen MR) is 103 cm³/mol. The number of carbonyl (C=O) groups excluding carboxylic acids is 1. The van der Waals surface area contributed by atoms with E-state index in [1.807, 2.05) is 43.4 Å². The Morgan fingerprint density at radius 1 is 1.19 bits per heavy atom. The zero-order valence-corrected chi connectivity index (χ0v) is 15.1. The number of amides is 1. The highest BCUT2D eigenvalue weighted by Gasteiger charge is 2.57. The number of benzene rings is 2. The van der Waals surface area contributed by atoms with Crippen LogP contribution in [0, 0.1) is 5.92 Å². The third-order valence-electron chi connectivity index (χ3n) is 6.23. The molecule has 4 atom stereocenters. The maximum absolute atomic E-state index is 13.2. The van der Waals surface area contributed by atoms with Gasteiger partial charge in [-0.1, -0.05) is 55.0 Å². The number of aliphatic hydroxyl groups excluding tert-OH is 1. The fraction of sp³-hybridized carbons (Fsp3) is 0.409. The molecule has 0 radical (unpaired) electrons. The van der Waals surface area contributed by atoms with E-state index in [-0.39, 0.29) is 17.7 Å². The number of anilines is 1. The van der Waals surface area contributed by atoms with E-state index in [0.29, 0.717) is 6.54 Å². The molecule has 1 aliphatic carbocycles. The second-order valence-electron chi connectivity index (χ2n) is 7.53. The molecule has 4 heteroatoms. The highest BCUT2D eigenvalue weighted by atomic mass is 16.3. The molecule has 1 aliphatic heterocycles. The van der Waals surface area contributed by atoms with Gasteiger partial charge in [0.05, 0.1) is 11.5 Å². The summed E-state index contributed by atoms with van der Waals surface area (Å²) in [6.07, 6.45) is 2.25. The highest BCUT2D eigenvalue weighted by Crippen LogP contribution is 2.57. The van der Waals surface area contributed by atoms with Crippen LogP contribution in [0.4, 0.5) is 5.69 Å². The van der Waals surface area contributed by atoms with Crippen molar-refractivity contribution in [2.24, 2.45) is 5.92 Å². The Morgan fingerprint density at radius 3 is 2.69 bits per heavy atom. The van der Waals surface area contributed by atoms with Gasteiger partial charge < -0.3 is 15.7 Å². The minimum atomic E-state index is -0.539. The molecule has 1 fully saturated rings. The van der Waals surface area contributed by atoms with Gasteiger partial charge in [-0.2, -0.15) is 0 Å². The zero-order chi connectivity index (χ0) is 18.1. The van der Waals surface area contributed by atoms with E-state index in [0.717, 1.165) is 36.1 Å². The first-order chi connectivity index (χ1) is 12.7. The predicted octanol–water partition coefficient (Wildman–Crippen LogP) is 3.04. The first-order valence-electron chi connectivity index (χ1n) is 9.47. The number of hydrogen-bond acceptors (Lipinski definition) is 3. The summed E-state index contributed by atoms with van der Waals surface area (Å²) >= 11 is 0. The second kappa shape index (κ2) is 6.86. The van der Waals surface area contributed by atoms with E-state index in [1.54, 1.807) is 0 Å². The summed E-state index contributed by atoms with van der Waals surface area (Å²) in [5, 5.41) is 17.2. The van der Waals surface area contributed by atoms with Gasteiger partial charge in [-0.3, -0.25) is 4.79 Å². The van der Waals surface area contributed by atoms with Crippen LogP contribution < -0.4 is 10.6 Å². The molecule has 3 N–H and O–H groups in total. The summed E-state index contributed by atoms with van der Waals surface area (Å²) in [5.74, 6) is 0.0961. The van der Waals surface area contributed by atoms with Crippen LogP contribution in [-0.4, -0.2) is 30.7 Å². The molecule has 1 heterocycles. The lowest BCUT2D eigenvalue weighted by atomic mass is 9.65. The molecule has 0 bridgehead atoms. The molecule has 136 valence electrons. The van der Waals surface area contributed by atoms with Gasteiger partial charge in [-0.05, 0) is 43.0 Å². The van der Waals surface area contributed by atoms with Crippen molar-refractivity contribution in [3.8, 4) is 0 Å². The molecule has 2 aromatic carbocycles. The summed E-state index contributed by atoms with van der Waals surface area (Å²) in [4.78, 5) is 13.2. The minimum absolute atomic E-state index is 0.0805. The number of para-hydroxylation sites is 1. The van der Waals surface area contributed by atoms with Crippen molar-refractivity contribution < 1.29 is 9.90 Å². The Morgan fingerprint density at radius 2 is 1.92 bits per heavy atom. The number of hydrogen-bond donors (Lipinski definition) is 3. The molecule has 1 saturated carbocycles. The summed E-state index contributed by atoms with van der Waals surface area (Å²) in [7, 11) is 1.85. The maximum Gasteiger partial charge on any atom is 0.235 e. The number of rotatable bonds is 5. The Bertz CT molecular complexity index is 792. The molecule has 26 heavy (non-hydrogen) atoms. The normalized spacial score (nSPS) is 26.5. The third-order valence-corrected chi connectivity index (χ3v) is 6.23. The van der Waals surface area contributed by atoms with Crippen LogP contribution in [0.15, 0.2) is 54.6 Å². The Balaban J connectivity index is 1.82. The van der Waals surface area contributed by atoms with Gasteiger partial charge in [0.25, 0.3) is 0 Å². The molecule has 2 aromatic rings. The van der Waals surface area contributed by atoms with Crippen molar-refractivity contribution in [2.75, 3.05) is 18.9 Å². The Kier molecular flexibility index (Phi) is 4.55. The van der Waals surface area contributed by atoms with Gasteiger partial charge in [-0.15, -0.1) is 0 Å². The van der Waals surface area contributed by atoms with Crippen LogP contribution in [0.25, 0.3) is 0 Å². The van der Waals surface area contributed by atoms with Gasteiger partial charge >= 0.3 is 0 Å². The van der Waals surface area contributed by atoms with Crippen molar-refractivity contribution >= 4 is 11.6 Å². The second-order valence-corrected chi connectivity index (χ2v) is 7.53. The average Bonchev–Trinajstić information content (AvgIpc) is 3.20. The van der Waals surface area contributed by atoms with Crippen molar-refractivity contribution in [2.45, 2.75) is 36.7 Å². The minimum Gasteiger partial charge on any atom is -0.391 e. The molecular weight excluding hydrogens is 324 g/mol. The van der Waals surface area contributed by atoms with E-state index in [1.165, 1.54) is 0 Å². The summed E-state index contributed by atoms with van der Waals surface area (Å²) in [6.45, 7) is 0.509. The van der Waals surface area contributed by atoms with Gasteiger partial charge in [-0.25, -0.2) is 0 Å². The van der Waals surface area contributed by atoms with Gasteiger partial charge in [0.1, 0.15) is 0 Å². The first-order valence-corrected chi connectivity index (χ1v) is 9.47. The van der Waals surface area contributed by atoms with E-state index in [2.05, 4.69) is 28.8 Å². The molecule has 0 saturated heterocycles. The summed E-state index contributed by atoms with van der Waals surface area (Å²) in [6, 6.07) is 18.2. The molecule has 0 aromatic heterocycles. The Hall–Kier alpha value is -2.17. The molecule has 1 spiro atoms. The molecule has 4 nitrogen and oxygen atoms in total. The zero-order valence-electron chi connectivity index (χ0n) is 15.1. The molecule has 2 aliphatic rings. The molecule has 1 amide bonds. The van der Waals surface area contributed by atoms with E-state index in [9.17, 15) is 9.90 Å². The lowest BCUT2D eigenvalue weighted by molar-refractivity contribution is -0.122. The molecular formula is C22H26N2O2.